The third-order valence-electron chi connectivity index (χ3n) is 7.13. The minimum absolute atomic E-state index is 0.0429. The molecular formula is C35H59NO7S3. The lowest BCUT2D eigenvalue weighted by molar-refractivity contribution is -0.167. The number of carbonyl (C=O) groups is 3. The number of morpholine rings is 1. The van der Waals surface area contributed by atoms with Crippen LogP contribution in [0.2, 0.25) is 0 Å². The maximum atomic E-state index is 12.9. The number of carbonyl (C=O) groups excluding carboxylic acids is 3. The van der Waals surface area contributed by atoms with Crippen molar-refractivity contribution in [3.63, 3.8) is 0 Å². The van der Waals surface area contributed by atoms with E-state index in [0.29, 0.717) is 34.3 Å². The predicted octanol–water partition coefficient (Wildman–Crippen LogP) is 6.66. The molecule has 1 aliphatic heterocycles. The molecule has 0 spiro atoms. The zero-order chi connectivity index (χ0) is 35.4. The number of hydrogen-bond donors (Lipinski definition) is 2. The highest BCUT2D eigenvalue weighted by Crippen LogP contribution is 2.34. The lowest BCUT2D eigenvalue weighted by Crippen LogP contribution is -2.45. The molecule has 0 radical (unpaired) electrons. The molecule has 1 fully saturated rings. The Balaban J connectivity index is 0.000000764. The van der Waals surface area contributed by atoms with Crippen LogP contribution in [0.3, 0.4) is 0 Å². The molecule has 8 nitrogen and oxygen atoms in total. The van der Waals surface area contributed by atoms with Crippen LogP contribution in [0.15, 0.2) is 30.3 Å². The second kappa shape index (κ2) is 23.8. The second-order valence-corrected chi connectivity index (χ2v) is 15.9. The summed E-state index contributed by atoms with van der Waals surface area (Å²) in [5.74, 6) is 0.712. The first-order chi connectivity index (χ1) is 21.4. The highest BCUT2D eigenvalue weighted by atomic mass is 32.2. The molecule has 1 unspecified atom stereocenters. The van der Waals surface area contributed by atoms with Crippen molar-refractivity contribution in [3.8, 4) is 0 Å². The van der Waals surface area contributed by atoms with E-state index in [2.05, 4.69) is 82.9 Å². The van der Waals surface area contributed by atoms with E-state index in [1.807, 2.05) is 18.7 Å². The Bertz CT molecular complexity index is 1030. The van der Waals surface area contributed by atoms with Gasteiger partial charge in [-0.1, -0.05) is 84.1 Å². The third-order valence-corrected chi connectivity index (χ3v) is 8.50. The monoisotopic (exact) mass is 701 g/mol. The first-order valence-electron chi connectivity index (χ1n) is 16.2. The first-order valence-corrected chi connectivity index (χ1v) is 18.0. The minimum atomic E-state index is -0.703. The average Bonchev–Trinajstić information content (AvgIpc) is 2.98. The second-order valence-electron chi connectivity index (χ2n) is 13.1. The number of thioether (sulfide) groups is 1. The molecule has 0 saturated carbocycles. The number of ketones is 1. The summed E-state index contributed by atoms with van der Waals surface area (Å²) in [6.07, 6.45) is 0.551. The molecule has 1 aromatic carbocycles. The van der Waals surface area contributed by atoms with Crippen LogP contribution in [-0.2, 0) is 35.0 Å². The third kappa shape index (κ3) is 20.0. The van der Waals surface area contributed by atoms with Crippen molar-refractivity contribution >= 4 is 57.8 Å². The number of hydrogen-bond acceptors (Lipinski definition) is 9. The van der Waals surface area contributed by atoms with Crippen LogP contribution in [-0.4, -0.2) is 88.2 Å². The smallest absolute Gasteiger partial charge is 0.335 e. The molecule has 1 aliphatic rings. The van der Waals surface area contributed by atoms with Gasteiger partial charge in [-0.2, -0.15) is 0 Å². The van der Waals surface area contributed by atoms with E-state index in [9.17, 15) is 14.4 Å². The summed E-state index contributed by atoms with van der Waals surface area (Å²) >= 11 is 9.77. The van der Waals surface area contributed by atoms with Crippen molar-refractivity contribution in [3.05, 3.63) is 35.9 Å². The molecule has 1 aromatic rings. The maximum absolute atomic E-state index is 12.9. The van der Waals surface area contributed by atoms with E-state index in [4.69, 9.17) is 19.3 Å². The summed E-state index contributed by atoms with van der Waals surface area (Å²) in [6.45, 7) is 22.3. The van der Waals surface area contributed by atoms with E-state index in [-0.39, 0.29) is 35.7 Å². The maximum Gasteiger partial charge on any atom is 0.335 e. The van der Waals surface area contributed by atoms with Gasteiger partial charge >= 0.3 is 5.97 Å². The standard InChI is InChI=1S/C20H31NO2.C12H22O4.C3H6OS3/c1-16(2)18(19(22)21-10-12-23-13-11-21)15-20(3,4)14-17-8-6-5-7-9-17;1-7(2)11(13)9(5)16-12(14)10(6)15-8(3)4;4-1-2-7-3(5)6/h5-9,16,18H,10-15H2,1-4H3;7-10H,1-6H3;4H,1-2H2,(H,5,6)/t;9-,10+;/m.1./s1. The van der Waals surface area contributed by atoms with Gasteiger partial charge in [0.25, 0.3) is 0 Å². The van der Waals surface area contributed by atoms with Crippen molar-refractivity contribution < 1.29 is 33.7 Å². The van der Waals surface area contributed by atoms with Crippen LogP contribution in [0.1, 0.15) is 81.2 Å². The van der Waals surface area contributed by atoms with E-state index >= 15 is 0 Å². The molecule has 264 valence electrons. The summed E-state index contributed by atoms with van der Waals surface area (Å²) in [5.41, 5.74) is 1.46. The van der Waals surface area contributed by atoms with Crippen molar-refractivity contribution in [2.75, 3.05) is 38.7 Å². The van der Waals surface area contributed by atoms with Gasteiger partial charge in [0, 0.05) is 30.7 Å². The van der Waals surface area contributed by atoms with E-state index in [1.54, 1.807) is 27.7 Å². The molecule has 2 rings (SSSR count). The fraction of sp³-hybridized carbons (Fsp3) is 0.714. The Morgan fingerprint density at radius 2 is 1.57 bits per heavy atom. The Morgan fingerprint density at radius 1 is 1.00 bits per heavy atom. The van der Waals surface area contributed by atoms with Crippen molar-refractivity contribution in [1.29, 1.82) is 0 Å². The lowest BCUT2D eigenvalue weighted by atomic mass is 9.74. The van der Waals surface area contributed by atoms with Crippen LogP contribution in [0.25, 0.3) is 0 Å². The van der Waals surface area contributed by atoms with Gasteiger partial charge in [0.15, 0.2) is 18.0 Å². The SMILES string of the molecule is CC(C)C(CC(C)(C)Cc1ccccc1)C(=O)N1CCOCC1.CC(C)O[C@@H](C)C(=O)O[C@H](C)C(=O)C(C)C.OCCSC(=S)S. The zero-order valence-corrected chi connectivity index (χ0v) is 32.1. The number of aliphatic hydroxyl groups is 1. The van der Waals surface area contributed by atoms with E-state index in [1.165, 1.54) is 17.3 Å². The van der Waals surface area contributed by atoms with Gasteiger partial charge in [-0.25, -0.2) is 4.79 Å². The van der Waals surface area contributed by atoms with Crippen LogP contribution < -0.4 is 0 Å². The normalized spacial score (nSPS) is 15.2. The number of benzene rings is 1. The fourth-order valence-electron chi connectivity index (χ4n) is 4.84. The number of ether oxygens (including phenoxy) is 3. The Hall–Kier alpha value is -1.50. The molecule has 0 aromatic heterocycles. The van der Waals surface area contributed by atoms with Gasteiger partial charge in [-0.05, 0) is 57.4 Å². The Kier molecular flexibility index (Phi) is 23.0. The van der Waals surface area contributed by atoms with Crippen molar-refractivity contribution in [2.24, 2.45) is 23.2 Å². The molecule has 1 amide bonds. The number of rotatable bonds is 14. The summed E-state index contributed by atoms with van der Waals surface area (Å²) in [6, 6.07) is 10.6. The molecule has 3 atom stereocenters. The van der Waals surface area contributed by atoms with Gasteiger partial charge in [0.05, 0.1) is 25.9 Å². The quantitative estimate of drug-likeness (QED) is 0.125. The number of esters is 1. The van der Waals surface area contributed by atoms with Gasteiger partial charge in [-0.15, -0.1) is 24.4 Å². The molecule has 11 heteroatoms. The predicted molar refractivity (Wildman–Crippen MR) is 196 cm³/mol. The molecule has 0 aliphatic carbocycles. The number of amides is 1. The fourth-order valence-corrected chi connectivity index (χ4v) is 5.63. The lowest BCUT2D eigenvalue weighted by Gasteiger charge is -2.36. The topological polar surface area (TPSA) is 102 Å². The zero-order valence-electron chi connectivity index (χ0n) is 29.6. The van der Waals surface area contributed by atoms with E-state index < -0.39 is 18.2 Å². The molecular weight excluding hydrogens is 643 g/mol. The number of aliphatic hydroxyl groups excluding tert-OH is 1. The van der Waals surface area contributed by atoms with Gasteiger partial charge < -0.3 is 24.2 Å². The number of thiocarbonyl (C=S) groups is 1. The summed E-state index contributed by atoms with van der Waals surface area (Å²) in [7, 11) is 0. The first kappa shape index (κ1) is 44.5. The number of nitrogens with zero attached hydrogens (tertiary/aromatic N) is 1. The molecule has 1 N–H and O–H groups in total. The Labute approximate surface area is 293 Å². The van der Waals surface area contributed by atoms with Gasteiger partial charge in [-0.3, -0.25) is 9.59 Å². The van der Waals surface area contributed by atoms with Crippen LogP contribution in [0.5, 0.6) is 0 Å². The molecule has 1 heterocycles. The van der Waals surface area contributed by atoms with Crippen LogP contribution in [0, 0.1) is 23.2 Å². The number of thiol groups is 1. The Morgan fingerprint density at radius 3 is 2.00 bits per heavy atom. The summed E-state index contributed by atoms with van der Waals surface area (Å²) in [5, 5.41) is 8.20. The van der Waals surface area contributed by atoms with Crippen LogP contribution >= 0.6 is 36.6 Å². The highest BCUT2D eigenvalue weighted by Gasteiger charge is 2.33. The summed E-state index contributed by atoms with van der Waals surface area (Å²) in [4.78, 5) is 38.0. The molecule has 0 bridgehead atoms. The summed E-state index contributed by atoms with van der Waals surface area (Å²) < 4.78 is 16.3. The van der Waals surface area contributed by atoms with Gasteiger partial charge in [0.2, 0.25) is 5.91 Å². The van der Waals surface area contributed by atoms with Crippen LogP contribution in [0.4, 0.5) is 0 Å². The number of Topliss-reactive ketones (excluding diaryl/α,β-unsaturated/α-hetero) is 1. The molecule has 1 saturated heterocycles. The average molecular weight is 702 g/mol. The minimum Gasteiger partial charge on any atom is -0.453 e. The van der Waals surface area contributed by atoms with Crippen molar-refractivity contribution in [1.82, 2.24) is 4.90 Å². The highest BCUT2D eigenvalue weighted by molar-refractivity contribution is 8.41. The molecule has 46 heavy (non-hydrogen) atoms. The largest absolute Gasteiger partial charge is 0.453 e. The van der Waals surface area contributed by atoms with Gasteiger partial charge in [0.1, 0.15) is 3.53 Å². The van der Waals surface area contributed by atoms with E-state index in [0.717, 1.165) is 25.9 Å². The van der Waals surface area contributed by atoms with Crippen molar-refractivity contribution in [2.45, 2.75) is 100 Å².